The van der Waals surface area contributed by atoms with Crippen LogP contribution in [0.1, 0.15) is 10.4 Å². The number of nitrogens with zero attached hydrogens (tertiary/aromatic N) is 2. The molecule has 0 aliphatic carbocycles. The van der Waals surface area contributed by atoms with Gasteiger partial charge >= 0.3 is 5.97 Å². The first-order valence-electron chi connectivity index (χ1n) is 5.92. The highest BCUT2D eigenvalue weighted by Gasteiger charge is 2.32. The molecule has 2 aromatic rings. The van der Waals surface area contributed by atoms with Crippen molar-refractivity contribution in [1.82, 2.24) is 4.98 Å². The first kappa shape index (κ1) is 13.8. The minimum atomic E-state index is -3.74. The van der Waals surface area contributed by atoms with Gasteiger partial charge in [0, 0.05) is 6.20 Å². The standard InChI is InChI=1S/C12H10N2O5S2/c15-12(16)8-6-9-11(13-7-8)19-4-3-14(9)21(17,18)10-2-1-5-20-10/h1-2,5-7H,3-4H2,(H,15,16). The number of thiophene rings is 1. The second-order valence-corrected chi connectivity index (χ2v) is 7.25. The van der Waals surface area contributed by atoms with Crippen molar-refractivity contribution in [3.8, 4) is 5.88 Å². The number of aromatic nitrogens is 1. The molecule has 0 aromatic carbocycles. The molecule has 2 aromatic heterocycles. The molecule has 1 aliphatic heterocycles. The third kappa shape index (κ3) is 2.34. The third-order valence-electron chi connectivity index (χ3n) is 2.92. The Kier molecular flexibility index (Phi) is 3.30. The van der Waals surface area contributed by atoms with E-state index in [1.807, 2.05) is 0 Å². The molecule has 0 bridgehead atoms. The maximum atomic E-state index is 12.6. The van der Waals surface area contributed by atoms with Crippen molar-refractivity contribution < 1.29 is 23.1 Å². The number of carboxylic acid groups (broad SMARTS) is 1. The molecule has 0 radical (unpaired) electrons. The summed E-state index contributed by atoms with van der Waals surface area (Å²) >= 11 is 1.10. The molecule has 110 valence electrons. The lowest BCUT2D eigenvalue weighted by Gasteiger charge is -2.29. The van der Waals surface area contributed by atoms with Crippen LogP contribution in [0, 0.1) is 0 Å². The van der Waals surface area contributed by atoms with Crippen LogP contribution in [-0.4, -0.2) is 37.6 Å². The van der Waals surface area contributed by atoms with Crippen LogP contribution in [0.4, 0.5) is 5.69 Å². The summed E-state index contributed by atoms with van der Waals surface area (Å²) < 4.78 is 31.8. The predicted octanol–water partition coefficient (Wildman–Crippen LogP) is 1.43. The van der Waals surface area contributed by atoms with Crippen molar-refractivity contribution in [2.75, 3.05) is 17.5 Å². The number of pyridine rings is 1. The highest BCUT2D eigenvalue weighted by Crippen LogP contribution is 2.35. The molecular formula is C12H10N2O5S2. The smallest absolute Gasteiger partial charge is 0.337 e. The van der Waals surface area contributed by atoms with E-state index in [0.29, 0.717) is 0 Å². The van der Waals surface area contributed by atoms with Crippen LogP contribution in [0.5, 0.6) is 5.88 Å². The Hall–Kier alpha value is -2.13. The molecule has 0 saturated carbocycles. The first-order valence-corrected chi connectivity index (χ1v) is 8.24. The van der Waals surface area contributed by atoms with Gasteiger partial charge in [0.15, 0.2) is 0 Å². The summed E-state index contributed by atoms with van der Waals surface area (Å²) in [5.41, 5.74) is 0.0557. The Bertz CT molecular complexity index is 786. The van der Waals surface area contributed by atoms with E-state index < -0.39 is 16.0 Å². The zero-order chi connectivity index (χ0) is 15.0. The maximum absolute atomic E-state index is 12.6. The van der Waals surface area contributed by atoms with Crippen LogP contribution in [0.2, 0.25) is 0 Å². The number of carboxylic acids is 1. The number of aromatic carboxylic acids is 1. The Balaban J connectivity index is 2.12. The van der Waals surface area contributed by atoms with Crippen LogP contribution >= 0.6 is 11.3 Å². The largest absolute Gasteiger partial charge is 0.478 e. The minimum absolute atomic E-state index is 0.0920. The van der Waals surface area contributed by atoms with Gasteiger partial charge in [0.05, 0.1) is 12.1 Å². The number of anilines is 1. The summed E-state index contributed by atoms with van der Waals surface area (Å²) in [5.74, 6) is -1.06. The fourth-order valence-corrected chi connectivity index (χ4v) is 4.51. The van der Waals surface area contributed by atoms with Crippen LogP contribution in [0.25, 0.3) is 0 Å². The number of hydrogen-bond donors (Lipinski definition) is 1. The fourth-order valence-electron chi connectivity index (χ4n) is 1.96. The lowest BCUT2D eigenvalue weighted by Crippen LogP contribution is -2.38. The quantitative estimate of drug-likeness (QED) is 0.916. The predicted molar refractivity (Wildman–Crippen MR) is 75.5 cm³/mol. The van der Waals surface area contributed by atoms with Gasteiger partial charge < -0.3 is 9.84 Å². The molecule has 9 heteroatoms. The lowest BCUT2D eigenvalue weighted by atomic mass is 10.2. The number of ether oxygens (including phenoxy) is 1. The number of sulfonamides is 1. The zero-order valence-corrected chi connectivity index (χ0v) is 12.2. The Morgan fingerprint density at radius 3 is 2.95 bits per heavy atom. The topological polar surface area (TPSA) is 96.8 Å². The summed E-state index contributed by atoms with van der Waals surface area (Å²) in [5, 5.41) is 10.7. The Morgan fingerprint density at radius 1 is 1.48 bits per heavy atom. The average Bonchev–Trinajstić information content (AvgIpc) is 3.00. The van der Waals surface area contributed by atoms with E-state index in [2.05, 4.69) is 4.98 Å². The van der Waals surface area contributed by atoms with Crippen molar-refractivity contribution in [3.05, 3.63) is 35.3 Å². The van der Waals surface area contributed by atoms with E-state index in [0.717, 1.165) is 21.8 Å². The minimum Gasteiger partial charge on any atom is -0.478 e. The van der Waals surface area contributed by atoms with Gasteiger partial charge in [-0.05, 0) is 17.5 Å². The summed E-state index contributed by atoms with van der Waals surface area (Å²) in [6, 6.07) is 4.41. The molecule has 7 nitrogen and oxygen atoms in total. The summed E-state index contributed by atoms with van der Waals surface area (Å²) in [6.07, 6.45) is 1.14. The molecule has 0 atom stereocenters. The van der Waals surface area contributed by atoms with Crippen molar-refractivity contribution in [3.63, 3.8) is 0 Å². The highest BCUT2D eigenvalue weighted by atomic mass is 32.2. The first-order chi connectivity index (χ1) is 10.00. The van der Waals surface area contributed by atoms with Crippen LogP contribution < -0.4 is 9.04 Å². The Labute approximate surface area is 124 Å². The number of fused-ring (bicyclic) bond motifs is 1. The number of rotatable bonds is 3. The van der Waals surface area contributed by atoms with Crippen LogP contribution in [-0.2, 0) is 10.0 Å². The van der Waals surface area contributed by atoms with Gasteiger partial charge in [-0.3, -0.25) is 4.31 Å². The van der Waals surface area contributed by atoms with Crippen molar-refractivity contribution in [2.45, 2.75) is 4.21 Å². The molecule has 0 unspecified atom stereocenters. The molecule has 0 saturated heterocycles. The van der Waals surface area contributed by atoms with Crippen molar-refractivity contribution >= 4 is 33.0 Å². The molecule has 1 N–H and O–H groups in total. The maximum Gasteiger partial charge on any atom is 0.337 e. The van der Waals surface area contributed by atoms with Gasteiger partial charge in [-0.25, -0.2) is 18.2 Å². The van der Waals surface area contributed by atoms with E-state index in [1.54, 1.807) is 11.4 Å². The molecule has 0 fully saturated rings. The van der Waals surface area contributed by atoms with Crippen molar-refractivity contribution in [2.24, 2.45) is 0 Å². The van der Waals surface area contributed by atoms with Crippen LogP contribution in [0.15, 0.2) is 34.0 Å². The number of hydrogen-bond acceptors (Lipinski definition) is 6. The third-order valence-corrected chi connectivity index (χ3v) is 6.11. The van der Waals surface area contributed by atoms with Crippen LogP contribution in [0.3, 0.4) is 0 Å². The van der Waals surface area contributed by atoms with Gasteiger partial charge in [-0.15, -0.1) is 11.3 Å². The van der Waals surface area contributed by atoms with Gasteiger partial charge in [0.25, 0.3) is 10.0 Å². The second kappa shape index (κ2) is 5.01. The molecule has 3 heterocycles. The zero-order valence-electron chi connectivity index (χ0n) is 10.6. The normalized spacial score (nSPS) is 14.4. The monoisotopic (exact) mass is 326 g/mol. The fraction of sp³-hybridized carbons (Fsp3) is 0.167. The van der Waals surface area contributed by atoms with Gasteiger partial charge in [0.1, 0.15) is 16.5 Å². The van der Waals surface area contributed by atoms with E-state index in [4.69, 9.17) is 9.84 Å². The number of carbonyl (C=O) groups is 1. The van der Waals surface area contributed by atoms with Gasteiger partial charge in [0.2, 0.25) is 5.88 Å². The molecule has 3 rings (SSSR count). The summed E-state index contributed by atoms with van der Waals surface area (Å²) in [4.78, 5) is 14.9. The molecule has 1 aliphatic rings. The van der Waals surface area contributed by atoms with E-state index in [9.17, 15) is 13.2 Å². The molecule has 0 spiro atoms. The SMILES string of the molecule is O=C(O)c1cnc2c(c1)N(S(=O)(=O)c1cccs1)CCO2. The second-order valence-electron chi connectivity index (χ2n) is 4.21. The lowest BCUT2D eigenvalue weighted by molar-refractivity contribution is 0.0696. The van der Waals surface area contributed by atoms with E-state index in [-0.39, 0.29) is 34.5 Å². The summed E-state index contributed by atoms with van der Waals surface area (Å²) in [6.45, 7) is 0.273. The Morgan fingerprint density at radius 2 is 2.29 bits per heavy atom. The molecule has 0 amide bonds. The van der Waals surface area contributed by atoms with Gasteiger partial charge in [-0.1, -0.05) is 6.07 Å². The molecule has 21 heavy (non-hydrogen) atoms. The summed E-state index contributed by atoms with van der Waals surface area (Å²) in [7, 11) is -3.74. The van der Waals surface area contributed by atoms with E-state index in [1.165, 1.54) is 12.1 Å². The highest BCUT2D eigenvalue weighted by molar-refractivity contribution is 7.94. The molecular weight excluding hydrogens is 316 g/mol. The van der Waals surface area contributed by atoms with Crippen molar-refractivity contribution in [1.29, 1.82) is 0 Å². The van der Waals surface area contributed by atoms with Gasteiger partial charge in [-0.2, -0.15) is 0 Å². The average molecular weight is 326 g/mol. The van der Waals surface area contributed by atoms with E-state index >= 15 is 0 Å².